The SMILES string of the molecule is CSCC(=O)N1N=C(c2cn(-c3cccnc3)nc2C)SC1(C)C. The maximum absolute atomic E-state index is 12.3. The number of aryl methyl sites for hydroxylation is 1. The molecule has 1 amide bonds. The van der Waals surface area contributed by atoms with Gasteiger partial charge in [-0.3, -0.25) is 9.78 Å². The molecule has 3 rings (SSSR count). The normalized spacial score (nSPS) is 16.3. The van der Waals surface area contributed by atoms with E-state index in [9.17, 15) is 4.79 Å². The van der Waals surface area contributed by atoms with Crippen molar-refractivity contribution in [2.24, 2.45) is 5.10 Å². The van der Waals surface area contributed by atoms with E-state index in [0.29, 0.717) is 5.75 Å². The van der Waals surface area contributed by atoms with Crippen molar-refractivity contribution in [3.63, 3.8) is 0 Å². The summed E-state index contributed by atoms with van der Waals surface area (Å²) < 4.78 is 1.79. The highest BCUT2D eigenvalue weighted by molar-refractivity contribution is 8.15. The first-order valence-electron chi connectivity index (χ1n) is 7.49. The van der Waals surface area contributed by atoms with E-state index in [-0.39, 0.29) is 5.91 Å². The van der Waals surface area contributed by atoms with Crippen molar-refractivity contribution in [1.82, 2.24) is 19.8 Å². The Morgan fingerprint density at radius 3 is 2.88 bits per heavy atom. The summed E-state index contributed by atoms with van der Waals surface area (Å²) in [6.45, 7) is 5.96. The van der Waals surface area contributed by atoms with Crippen molar-refractivity contribution < 1.29 is 4.79 Å². The van der Waals surface area contributed by atoms with Gasteiger partial charge in [-0.2, -0.15) is 22.0 Å². The highest BCUT2D eigenvalue weighted by Crippen LogP contribution is 2.39. The number of nitrogens with zero attached hydrogens (tertiary/aromatic N) is 5. The molecule has 3 heterocycles. The lowest BCUT2D eigenvalue weighted by Crippen LogP contribution is -2.39. The summed E-state index contributed by atoms with van der Waals surface area (Å²) in [5.41, 5.74) is 2.71. The van der Waals surface area contributed by atoms with E-state index in [1.54, 1.807) is 33.8 Å². The standard InChI is InChI=1S/C16H19N5OS2/c1-11-13(9-20(18-11)12-6-5-7-17-8-12)15-19-21(14(22)10-23-4)16(2,3)24-15/h5-9H,10H2,1-4H3. The van der Waals surface area contributed by atoms with Gasteiger partial charge in [0, 0.05) is 12.4 Å². The second kappa shape index (κ2) is 6.60. The number of thioether (sulfide) groups is 2. The van der Waals surface area contributed by atoms with Crippen LogP contribution in [0.5, 0.6) is 0 Å². The number of carbonyl (C=O) groups excluding carboxylic acids is 1. The Bertz CT molecular complexity index is 785. The van der Waals surface area contributed by atoms with Crippen LogP contribution in [0.15, 0.2) is 35.8 Å². The van der Waals surface area contributed by atoms with Crippen LogP contribution in [-0.2, 0) is 4.79 Å². The van der Waals surface area contributed by atoms with Crippen molar-refractivity contribution >= 4 is 34.5 Å². The molecular weight excluding hydrogens is 342 g/mol. The van der Waals surface area contributed by atoms with Crippen LogP contribution in [0.2, 0.25) is 0 Å². The highest BCUT2D eigenvalue weighted by Gasteiger charge is 2.40. The molecule has 0 spiro atoms. The number of hydrogen-bond donors (Lipinski definition) is 0. The van der Waals surface area contributed by atoms with Gasteiger partial charge < -0.3 is 0 Å². The topological polar surface area (TPSA) is 63.4 Å². The monoisotopic (exact) mass is 361 g/mol. The first-order valence-corrected chi connectivity index (χ1v) is 9.70. The van der Waals surface area contributed by atoms with E-state index in [1.165, 1.54) is 11.8 Å². The molecule has 6 nitrogen and oxygen atoms in total. The third kappa shape index (κ3) is 3.21. The summed E-state index contributed by atoms with van der Waals surface area (Å²) in [7, 11) is 0. The average Bonchev–Trinajstić information content (AvgIpc) is 3.08. The zero-order valence-electron chi connectivity index (χ0n) is 14.1. The van der Waals surface area contributed by atoms with Gasteiger partial charge in [-0.05, 0) is 39.2 Å². The van der Waals surface area contributed by atoms with Crippen LogP contribution in [0.1, 0.15) is 25.1 Å². The molecule has 0 saturated carbocycles. The number of rotatable bonds is 4. The lowest BCUT2D eigenvalue weighted by Gasteiger charge is -2.27. The minimum Gasteiger partial charge on any atom is -0.272 e. The summed E-state index contributed by atoms with van der Waals surface area (Å²) in [4.78, 5) is 16.0. The molecule has 0 radical (unpaired) electrons. The van der Waals surface area contributed by atoms with E-state index in [0.717, 1.165) is 22.0 Å². The molecule has 2 aromatic rings. The molecule has 0 N–H and O–H groups in total. The van der Waals surface area contributed by atoms with E-state index in [1.807, 2.05) is 45.4 Å². The molecule has 0 fully saturated rings. The fraction of sp³-hybridized carbons (Fsp3) is 0.375. The fourth-order valence-corrected chi connectivity index (χ4v) is 3.96. The summed E-state index contributed by atoms with van der Waals surface area (Å²) in [6.07, 6.45) is 7.35. The summed E-state index contributed by atoms with van der Waals surface area (Å²) in [6, 6.07) is 3.82. The number of carbonyl (C=O) groups is 1. The predicted octanol–water partition coefficient (Wildman–Crippen LogP) is 2.91. The van der Waals surface area contributed by atoms with Crippen LogP contribution in [0.4, 0.5) is 0 Å². The number of amides is 1. The van der Waals surface area contributed by atoms with Gasteiger partial charge in [0.25, 0.3) is 5.91 Å². The summed E-state index contributed by atoms with van der Waals surface area (Å²) in [5, 5.41) is 11.5. The third-order valence-corrected chi connectivity index (χ3v) is 5.29. The second-order valence-corrected chi connectivity index (χ2v) is 8.33. The fourth-order valence-electron chi connectivity index (χ4n) is 2.45. The second-order valence-electron chi connectivity index (χ2n) is 5.88. The molecule has 0 unspecified atom stereocenters. The average molecular weight is 361 g/mol. The lowest BCUT2D eigenvalue weighted by atomic mass is 10.3. The largest absolute Gasteiger partial charge is 0.272 e. The van der Waals surface area contributed by atoms with Crippen LogP contribution >= 0.6 is 23.5 Å². The van der Waals surface area contributed by atoms with E-state index in [4.69, 9.17) is 0 Å². The maximum Gasteiger partial charge on any atom is 0.253 e. The number of hydrogen-bond acceptors (Lipinski definition) is 6. The van der Waals surface area contributed by atoms with Crippen molar-refractivity contribution in [3.8, 4) is 5.69 Å². The number of aromatic nitrogens is 3. The Kier molecular flexibility index (Phi) is 4.69. The van der Waals surface area contributed by atoms with Gasteiger partial charge in [-0.15, -0.1) is 0 Å². The van der Waals surface area contributed by atoms with E-state index >= 15 is 0 Å². The molecule has 8 heteroatoms. The smallest absolute Gasteiger partial charge is 0.253 e. The van der Waals surface area contributed by atoms with Crippen molar-refractivity contribution in [2.75, 3.05) is 12.0 Å². The van der Waals surface area contributed by atoms with Gasteiger partial charge in [0.05, 0.1) is 28.9 Å². The molecule has 0 bridgehead atoms. The van der Waals surface area contributed by atoms with E-state index < -0.39 is 4.87 Å². The molecule has 2 aromatic heterocycles. The Labute approximate surface area is 149 Å². The molecule has 1 aliphatic rings. The molecule has 0 saturated heterocycles. The van der Waals surface area contributed by atoms with Gasteiger partial charge >= 0.3 is 0 Å². The molecule has 0 aliphatic carbocycles. The van der Waals surface area contributed by atoms with Crippen LogP contribution in [0.25, 0.3) is 5.69 Å². The van der Waals surface area contributed by atoms with Crippen LogP contribution in [-0.4, -0.2) is 47.6 Å². The van der Waals surface area contributed by atoms with Crippen molar-refractivity contribution in [3.05, 3.63) is 42.0 Å². The zero-order valence-corrected chi connectivity index (χ0v) is 15.7. The first-order chi connectivity index (χ1) is 11.4. The molecule has 0 atom stereocenters. The van der Waals surface area contributed by atoms with Crippen LogP contribution < -0.4 is 0 Å². The summed E-state index contributed by atoms with van der Waals surface area (Å²) >= 11 is 3.09. The predicted molar refractivity (Wildman–Crippen MR) is 99.5 cm³/mol. The Hall–Kier alpha value is -1.80. The number of pyridine rings is 1. The van der Waals surface area contributed by atoms with Crippen molar-refractivity contribution in [2.45, 2.75) is 25.6 Å². The van der Waals surface area contributed by atoms with Gasteiger partial charge in [-0.1, -0.05) is 11.8 Å². The van der Waals surface area contributed by atoms with E-state index in [2.05, 4.69) is 15.2 Å². The summed E-state index contributed by atoms with van der Waals surface area (Å²) in [5.74, 6) is 0.446. The number of hydrazone groups is 1. The zero-order chi connectivity index (χ0) is 17.3. The highest BCUT2D eigenvalue weighted by atomic mass is 32.2. The molecule has 1 aliphatic heterocycles. The van der Waals surface area contributed by atoms with Crippen LogP contribution in [0.3, 0.4) is 0 Å². The van der Waals surface area contributed by atoms with Crippen LogP contribution in [0, 0.1) is 6.92 Å². The molecule has 24 heavy (non-hydrogen) atoms. The lowest BCUT2D eigenvalue weighted by molar-refractivity contribution is -0.130. The van der Waals surface area contributed by atoms with Crippen molar-refractivity contribution in [1.29, 1.82) is 0 Å². The minimum atomic E-state index is -0.398. The Morgan fingerprint density at radius 1 is 1.42 bits per heavy atom. The molecule has 0 aromatic carbocycles. The maximum atomic E-state index is 12.3. The Balaban J connectivity index is 1.94. The van der Waals surface area contributed by atoms with Gasteiger partial charge in [-0.25, -0.2) is 9.69 Å². The van der Waals surface area contributed by atoms with Gasteiger partial charge in [0.15, 0.2) is 0 Å². The Morgan fingerprint density at radius 2 is 2.21 bits per heavy atom. The quantitative estimate of drug-likeness (QED) is 0.838. The molecular formula is C16H19N5OS2. The van der Waals surface area contributed by atoms with Gasteiger partial charge in [0.1, 0.15) is 9.91 Å². The minimum absolute atomic E-state index is 0.0207. The first kappa shape index (κ1) is 17.0. The molecule has 126 valence electrons. The van der Waals surface area contributed by atoms with Gasteiger partial charge in [0.2, 0.25) is 0 Å². The third-order valence-electron chi connectivity index (χ3n) is 3.59.